The summed E-state index contributed by atoms with van der Waals surface area (Å²) < 4.78 is 0. The van der Waals surface area contributed by atoms with Gasteiger partial charge in [-0.3, -0.25) is 9.59 Å². The Labute approximate surface area is 98.4 Å². The van der Waals surface area contributed by atoms with Crippen LogP contribution in [0.1, 0.15) is 19.3 Å². The summed E-state index contributed by atoms with van der Waals surface area (Å²) >= 11 is 0. The zero-order chi connectivity index (χ0) is 12.3. The van der Waals surface area contributed by atoms with E-state index in [2.05, 4.69) is 5.10 Å². The molecule has 0 unspecified atom stereocenters. The Morgan fingerprint density at radius 3 is 2.71 bits per heavy atom. The highest BCUT2D eigenvalue weighted by Gasteiger charge is 2.24. The van der Waals surface area contributed by atoms with E-state index in [1.807, 2.05) is 18.2 Å². The van der Waals surface area contributed by atoms with Crippen molar-refractivity contribution in [2.45, 2.75) is 19.3 Å². The van der Waals surface area contributed by atoms with Crippen LogP contribution >= 0.6 is 0 Å². The molecule has 0 saturated heterocycles. The fourth-order valence-corrected chi connectivity index (χ4v) is 1.64. The van der Waals surface area contributed by atoms with Crippen LogP contribution in [0.5, 0.6) is 0 Å². The molecule has 88 valence electrons. The topological polar surface area (TPSA) is 70.0 Å². The fraction of sp³-hybridized carbons (Fsp3) is 0.250. The van der Waals surface area contributed by atoms with Crippen molar-refractivity contribution >= 4 is 23.3 Å². The lowest BCUT2D eigenvalue weighted by molar-refractivity contribution is -0.136. The Morgan fingerprint density at radius 1 is 1.35 bits per heavy atom. The summed E-state index contributed by atoms with van der Waals surface area (Å²) in [6, 6.07) is 9.10. The first-order chi connectivity index (χ1) is 8.16. The molecule has 0 aromatic heterocycles. The molecular weight excluding hydrogens is 220 g/mol. The zero-order valence-corrected chi connectivity index (χ0v) is 9.17. The van der Waals surface area contributed by atoms with Crippen molar-refractivity contribution in [3.05, 3.63) is 30.3 Å². The van der Waals surface area contributed by atoms with Gasteiger partial charge in [-0.2, -0.15) is 5.10 Å². The van der Waals surface area contributed by atoms with Gasteiger partial charge in [0.2, 0.25) is 0 Å². The standard InChI is InChI=1S/C12H12N2O3/c15-11-8-9(6-7-12(16)17)13-14(11)10-4-2-1-3-5-10/h1-5H,6-8H2,(H,16,17). The summed E-state index contributed by atoms with van der Waals surface area (Å²) in [6.07, 6.45) is 0.543. The van der Waals surface area contributed by atoms with Crippen LogP contribution in [0.15, 0.2) is 35.4 Å². The lowest BCUT2D eigenvalue weighted by Crippen LogP contribution is -2.19. The van der Waals surface area contributed by atoms with Crippen LogP contribution in [0.3, 0.4) is 0 Å². The molecule has 1 aliphatic rings. The number of hydrogen-bond donors (Lipinski definition) is 1. The number of anilines is 1. The molecule has 17 heavy (non-hydrogen) atoms. The number of hydrazone groups is 1. The Kier molecular flexibility index (Phi) is 3.18. The quantitative estimate of drug-likeness (QED) is 0.857. The summed E-state index contributed by atoms with van der Waals surface area (Å²) in [7, 11) is 0. The van der Waals surface area contributed by atoms with Crippen molar-refractivity contribution in [1.29, 1.82) is 0 Å². The predicted molar refractivity (Wildman–Crippen MR) is 62.8 cm³/mol. The monoisotopic (exact) mass is 232 g/mol. The van der Waals surface area contributed by atoms with Gasteiger partial charge in [0.15, 0.2) is 0 Å². The Balaban J connectivity index is 2.09. The molecule has 0 radical (unpaired) electrons. The van der Waals surface area contributed by atoms with Gasteiger partial charge in [-0.1, -0.05) is 18.2 Å². The number of aliphatic carboxylic acids is 1. The summed E-state index contributed by atoms with van der Waals surface area (Å²) in [4.78, 5) is 22.1. The SMILES string of the molecule is O=C(O)CCC1=NN(c2ccccc2)C(=O)C1. The summed E-state index contributed by atoms with van der Waals surface area (Å²) in [5.41, 5.74) is 1.34. The number of carbonyl (C=O) groups excluding carboxylic acids is 1. The third kappa shape index (κ3) is 2.69. The number of amides is 1. The summed E-state index contributed by atoms with van der Waals surface area (Å²) in [5, 5.41) is 14.0. The normalized spacial score (nSPS) is 14.9. The van der Waals surface area contributed by atoms with E-state index in [1.54, 1.807) is 12.1 Å². The largest absolute Gasteiger partial charge is 0.481 e. The highest BCUT2D eigenvalue weighted by atomic mass is 16.4. The van der Waals surface area contributed by atoms with Gasteiger partial charge in [-0.05, 0) is 18.6 Å². The van der Waals surface area contributed by atoms with Crippen LogP contribution in [0.25, 0.3) is 0 Å². The fourth-order valence-electron chi connectivity index (χ4n) is 1.64. The number of carboxylic acid groups (broad SMARTS) is 1. The first-order valence-corrected chi connectivity index (χ1v) is 5.33. The van der Waals surface area contributed by atoms with E-state index >= 15 is 0 Å². The molecule has 1 heterocycles. The minimum atomic E-state index is -0.877. The molecule has 5 nitrogen and oxygen atoms in total. The first-order valence-electron chi connectivity index (χ1n) is 5.33. The van der Waals surface area contributed by atoms with Crippen molar-refractivity contribution in [2.75, 3.05) is 5.01 Å². The number of carboxylic acids is 1. The average Bonchev–Trinajstić information content (AvgIpc) is 2.69. The van der Waals surface area contributed by atoms with Gasteiger partial charge in [0.05, 0.1) is 18.5 Å². The van der Waals surface area contributed by atoms with Crippen molar-refractivity contribution in [2.24, 2.45) is 5.10 Å². The molecule has 2 rings (SSSR count). The van der Waals surface area contributed by atoms with E-state index in [9.17, 15) is 9.59 Å². The second-order valence-electron chi connectivity index (χ2n) is 3.78. The highest BCUT2D eigenvalue weighted by Crippen LogP contribution is 2.21. The van der Waals surface area contributed by atoms with Gasteiger partial charge in [-0.15, -0.1) is 0 Å². The van der Waals surface area contributed by atoms with Crippen LogP contribution in [-0.4, -0.2) is 22.7 Å². The van der Waals surface area contributed by atoms with Crippen molar-refractivity contribution in [3.8, 4) is 0 Å². The Bertz CT molecular complexity index is 468. The van der Waals surface area contributed by atoms with E-state index < -0.39 is 5.97 Å². The number of nitrogens with zero attached hydrogens (tertiary/aromatic N) is 2. The lowest BCUT2D eigenvalue weighted by Gasteiger charge is -2.10. The lowest BCUT2D eigenvalue weighted by atomic mass is 10.1. The third-order valence-corrected chi connectivity index (χ3v) is 2.46. The molecule has 0 saturated carbocycles. The maximum Gasteiger partial charge on any atom is 0.303 e. The number of hydrogen-bond acceptors (Lipinski definition) is 3. The van der Waals surface area contributed by atoms with Gasteiger partial charge in [0.1, 0.15) is 0 Å². The average molecular weight is 232 g/mol. The van der Waals surface area contributed by atoms with Gasteiger partial charge >= 0.3 is 5.97 Å². The van der Waals surface area contributed by atoms with Crippen LogP contribution in [0.4, 0.5) is 5.69 Å². The predicted octanol–water partition coefficient (Wildman–Crippen LogP) is 1.64. The highest BCUT2D eigenvalue weighted by molar-refractivity contribution is 6.13. The Morgan fingerprint density at radius 2 is 2.06 bits per heavy atom. The molecule has 0 aliphatic carbocycles. The van der Waals surface area contributed by atoms with Gasteiger partial charge < -0.3 is 5.11 Å². The minimum absolute atomic E-state index is 0.00867. The van der Waals surface area contributed by atoms with Crippen molar-refractivity contribution in [1.82, 2.24) is 0 Å². The molecule has 0 fully saturated rings. The van der Waals surface area contributed by atoms with E-state index in [0.29, 0.717) is 17.8 Å². The molecular formula is C12H12N2O3. The summed E-state index contributed by atoms with van der Waals surface area (Å²) in [6.45, 7) is 0. The van der Waals surface area contributed by atoms with Crippen LogP contribution in [0, 0.1) is 0 Å². The first kappa shape index (κ1) is 11.3. The molecule has 1 N–H and O–H groups in total. The molecule has 0 bridgehead atoms. The molecule has 1 aliphatic heterocycles. The van der Waals surface area contributed by atoms with Crippen LogP contribution in [0.2, 0.25) is 0 Å². The van der Waals surface area contributed by atoms with E-state index in [-0.39, 0.29) is 18.7 Å². The second-order valence-corrected chi connectivity index (χ2v) is 3.78. The van der Waals surface area contributed by atoms with E-state index in [4.69, 9.17) is 5.11 Å². The molecule has 1 amide bonds. The second kappa shape index (κ2) is 4.78. The van der Waals surface area contributed by atoms with E-state index in [1.165, 1.54) is 5.01 Å². The molecule has 0 spiro atoms. The third-order valence-electron chi connectivity index (χ3n) is 2.46. The number of rotatable bonds is 4. The minimum Gasteiger partial charge on any atom is -0.481 e. The van der Waals surface area contributed by atoms with Gasteiger partial charge in [0.25, 0.3) is 5.91 Å². The number of para-hydroxylation sites is 1. The van der Waals surface area contributed by atoms with Gasteiger partial charge in [-0.25, -0.2) is 5.01 Å². The molecule has 1 aromatic carbocycles. The number of carbonyl (C=O) groups is 2. The number of benzene rings is 1. The van der Waals surface area contributed by atoms with Crippen LogP contribution in [-0.2, 0) is 9.59 Å². The van der Waals surface area contributed by atoms with Gasteiger partial charge in [0, 0.05) is 5.71 Å². The molecule has 0 atom stereocenters. The maximum atomic E-state index is 11.7. The maximum absolute atomic E-state index is 11.7. The molecule has 1 aromatic rings. The van der Waals surface area contributed by atoms with Crippen molar-refractivity contribution in [3.63, 3.8) is 0 Å². The zero-order valence-electron chi connectivity index (χ0n) is 9.17. The van der Waals surface area contributed by atoms with Crippen molar-refractivity contribution < 1.29 is 14.7 Å². The Hall–Kier alpha value is -2.17. The van der Waals surface area contributed by atoms with Crippen LogP contribution < -0.4 is 5.01 Å². The molecule has 5 heteroatoms. The smallest absolute Gasteiger partial charge is 0.303 e. The van der Waals surface area contributed by atoms with E-state index in [0.717, 1.165) is 0 Å². The summed E-state index contributed by atoms with van der Waals surface area (Å²) in [5.74, 6) is -0.991.